The Kier molecular flexibility index (Phi) is 5.59. The zero-order valence-corrected chi connectivity index (χ0v) is 17.0. The predicted molar refractivity (Wildman–Crippen MR) is 111 cm³/mol. The molecular weight excluding hydrogens is 390 g/mol. The van der Waals surface area contributed by atoms with Gasteiger partial charge in [0.2, 0.25) is 15.9 Å². The Morgan fingerprint density at radius 2 is 1.93 bits per heavy atom. The molecule has 1 saturated heterocycles. The Hall–Kier alpha value is -2.78. The Bertz CT molecular complexity index is 1110. The van der Waals surface area contributed by atoms with Crippen molar-refractivity contribution >= 4 is 26.7 Å². The number of fused-ring (bicyclic) bond motifs is 1. The predicted octanol–water partition coefficient (Wildman–Crippen LogP) is 2.29. The molecule has 2 aromatic heterocycles. The second-order valence-corrected chi connectivity index (χ2v) is 8.62. The van der Waals surface area contributed by atoms with Crippen LogP contribution in [-0.4, -0.2) is 49.6 Å². The van der Waals surface area contributed by atoms with Crippen LogP contribution in [0.5, 0.6) is 5.88 Å². The average molecular weight is 414 g/mol. The van der Waals surface area contributed by atoms with E-state index in [4.69, 9.17) is 4.74 Å². The average Bonchev–Trinajstić information content (AvgIpc) is 3.25. The van der Waals surface area contributed by atoms with Crippen molar-refractivity contribution in [2.75, 3.05) is 31.1 Å². The van der Waals surface area contributed by atoms with Crippen molar-refractivity contribution in [3.8, 4) is 5.88 Å². The SMILES string of the molecule is Cc1nc(OCCNS(=O)(=O)c2cccc3cccnc23)cc(N2CCCC2)n1. The molecule has 0 amide bonds. The number of rotatable bonds is 7. The molecule has 0 radical (unpaired) electrons. The molecule has 1 N–H and O–H groups in total. The number of ether oxygens (including phenoxy) is 1. The van der Waals surface area contributed by atoms with Crippen molar-refractivity contribution in [1.29, 1.82) is 0 Å². The monoisotopic (exact) mass is 413 g/mol. The van der Waals surface area contributed by atoms with E-state index in [0.29, 0.717) is 17.2 Å². The maximum atomic E-state index is 12.7. The number of pyridine rings is 1. The van der Waals surface area contributed by atoms with E-state index in [9.17, 15) is 8.42 Å². The van der Waals surface area contributed by atoms with Gasteiger partial charge in [-0.1, -0.05) is 18.2 Å². The standard InChI is InChI=1S/C20H23N5O3S/c1-15-23-18(25-11-2-3-12-25)14-19(24-15)28-13-10-22-29(26,27)17-8-4-6-16-7-5-9-21-20(16)17/h4-9,14,22H,2-3,10-13H2,1H3. The Morgan fingerprint density at radius 3 is 2.76 bits per heavy atom. The van der Waals surface area contributed by atoms with Crippen LogP contribution >= 0.6 is 0 Å². The molecule has 0 spiro atoms. The number of sulfonamides is 1. The molecule has 8 nitrogen and oxygen atoms in total. The van der Waals surface area contributed by atoms with Crippen molar-refractivity contribution in [3.05, 3.63) is 48.4 Å². The second kappa shape index (κ2) is 8.30. The first kappa shape index (κ1) is 19.5. The number of hydrogen-bond donors (Lipinski definition) is 1. The molecule has 1 aromatic carbocycles. The van der Waals surface area contributed by atoms with Gasteiger partial charge < -0.3 is 9.64 Å². The zero-order chi connectivity index (χ0) is 20.3. The van der Waals surface area contributed by atoms with E-state index < -0.39 is 10.0 Å². The number of nitrogens with one attached hydrogen (secondary N) is 1. The van der Waals surface area contributed by atoms with Crippen molar-refractivity contribution in [3.63, 3.8) is 0 Å². The number of hydrogen-bond acceptors (Lipinski definition) is 7. The largest absolute Gasteiger partial charge is 0.476 e. The summed E-state index contributed by atoms with van der Waals surface area (Å²) in [4.78, 5) is 15.3. The summed E-state index contributed by atoms with van der Waals surface area (Å²) in [6.45, 7) is 4.06. The van der Waals surface area contributed by atoms with Gasteiger partial charge in [0.25, 0.3) is 0 Å². The van der Waals surface area contributed by atoms with Gasteiger partial charge in [0, 0.05) is 37.3 Å². The lowest BCUT2D eigenvalue weighted by Crippen LogP contribution is -2.28. The van der Waals surface area contributed by atoms with E-state index in [0.717, 1.165) is 37.1 Å². The van der Waals surface area contributed by atoms with E-state index in [-0.39, 0.29) is 18.0 Å². The summed E-state index contributed by atoms with van der Waals surface area (Å²) in [6.07, 6.45) is 3.90. The Labute approximate surface area is 170 Å². The maximum absolute atomic E-state index is 12.7. The first-order chi connectivity index (χ1) is 14.0. The number of para-hydroxylation sites is 1. The first-order valence-electron chi connectivity index (χ1n) is 9.60. The molecule has 9 heteroatoms. The van der Waals surface area contributed by atoms with Gasteiger partial charge in [-0.2, -0.15) is 4.98 Å². The van der Waals surface area contributed by atoms with Gasteiger partial charge in [-0.05, 0) is 31.9 Å². The van der Waals surface area contributed by atoms with Crippen LogP contribution in [0.1, 0.15) is 18.7 Å². The van der Waals surface area contributed by atoms with Gasteiger partial charge >= 0.3 is 0 Å². The van der Waals surface area contributed by atoms with Crippen LogP contribution in [-0.2, 0) is 10.0 Å². The lowest BCUT2D eigenvalue weighted by Gasteiger charge is -2.17. The third-order valence-corrected chi connectivity index (χ3v) is 6.25. The highest BCUT2D eigenvalue weighted by Gasteiger charge is 2.18. The molecule has 152 valence electrons. The lowest BCUT2D eigenvalue weighted by atomic mass is 10.2. The van der Waals surface area contributed by atoms with Gasteiger partial charge in [0.05, 0.1) is 5.52 Å². The molecule has 4 rings (SSSR count). The number of aryl methyl sites for hydroxylation is 1. The van der Waals surface area contributed by atoms with E-state index in [1.54, 1.807) is 30.5 Å². The molecule has 0 atom stereocenters. The van der Waals surface area contributed by atoms with E-state index >= 15 is 0 Å². The molecule has 3 aromatic rings. The van der Waals surface area contributed by atoms with Crippen molar-refractivity contribution in [1.82, 2.24) is 19.7 Å². The van der Waals surface area contributed by atoms with Gasteiger partial charge in [0.15, 0.2) is 0 Å². The fraction of sp³-hybridized carbons (Fsp3) is 0.350. The van der Waals surface area contributed by atoms with E-state index in [2.05, 4.69) is 24.6 Å². The number of nitrogens with zero attached hydrogens (tertiary/aromatic N) is 4. The minimum absolute atomic E-state index is 0.119. The Morgan fingerprint density at radius 1 is 1.14 bits per heavy atom. The minimum atomic E-state index is -3.70. The van der Waals surface area contributed by atoms with Crippen LogP contribution in [0.15, 0.2) is 47.5 Å². The summed E-state index contributed by atoms with van der Waals surface area (Å²) in [6, 6.07) is 10.5. The van der Waals surface area contributed by atoms with Gasteiger partial charge in [-0.25, -0.2) is 18.1 Å². The molecule has 29 heavy (non-hydrogen) atoms. The van der Waals surface area contributed by atoms with Crippen LogP contribution < -0.4 is 14.4 Å². The lowest BCUT2D eigenvalue weighted by molar-refractivity contribution is 0.309. The number of aromatic nitrogens is 3. The van der Waals surface area contributed by atoms with Gasteiger partial charge in [-0.3, -0.25) is 4.98 Å². The third kappa shape index (κ3) is 4.46. The summed E-state index contributed by atoms with van der Waals surface area (Å²) in [7, 11) is -3.70. The number of benzene rings is 1. The molecular formula is C20H23N5O3S. The van der Waals surface area contributed by atoms with Gasteiger partial charge in [-0.15, -0.1) is 0 Å². The van der Waals surface area contributed by atoms with E-state index in [1.165, 1.54) is 0 Å². The molecule has 0 unspecified atom stereocenters. The molecule has 0 bridgehead atoms. The quantitative estimate of drug-likeness (QED) is 0.594. The van der Waals surface area contributed by atoms with Crippen molar-refractivity contribution in [2.45, 2.75) is 24.7 Å². The molecule has 0 saturated carbocycles. The topological polar surface area (TPSA) is 97.3 Å². The maximum Gasteiger partial charge on any atom is 0.242 e. The molecule has 3 heterocycles. The Balaban J connectivity index is 1.40. The third-order valence-electron chi connectivity index (χ3n) is 4.76. The van der Waals surface area contributed by atoms with Crippen molar-refractivity contribution in [2.24, 2.45) is 0 Å². The fourth-order valence-electron chi connectivity index (χ4n) is 3.41. The number of anilines is 1. The van der Waals surface area contributed by atoms with Crippen LogP contribution in [0.4, 0.5) is 5.82 Å². The molecule has 1 aliphatic heterocycles. The fourth-order valence-corrected chi connectivity index (χ4v) is 4.60. The molecule has 1 fully saturated rings. The van der Waals surface area contributed by atoms with Crippen LogP contribution in [0.2, 0.25) is 0 Å². The van der Waals surface area contributed by atoms with E-state index in [1.807, 2.05) is 19.1 Å². The summed E-state index contributed by atoms with van der Waals surface area (Å²) in [5.74, 6) is 1.93. The summed E-state index contributed by atoms with van der Waals surface area (Å²) < 4.78 is 33.7. The minimum Gasteiger partial charge on any atom is -0.476 e. The second-order valence-electron chi connectivity index (χ2n) is 6.88. The van der Waals surface area contributed by atoms with Crippen molar-refractivity contribution < 1.29 is 13.2 Å². The highest BCUT2D eigenvalue weighted by Crippen LogP contribution is 2.22. The normalized spacial score (nSPS) is 14.4. The summed E-state index contributed by atoms with van der Waals surface area (Å²) >= 11 is 0. The molecule has 1 aliphatic rings. The van der Waals surface area contributed by atoms with Gasteiger partial charge in [0.1, 0.15) is 23.1 Å². The summed E-state index contributed by atoms with van der Waals surface area (Å²) in [5, 5.41) is 0.775. The highest BCUT2D eigenvalue weighted by molar-refractivity contribution is 7.89. The summed E-state index contributed by atoms with van der Waals surface area (Å²) in [5.41, 5.74) is 0.449. The molecule has 0 aliphatic carbocycles. The smallest absolute Gasteiger partial charge is 0.242 e. The zero-order valence-electron chi connectivity index (χ0n) is 16.2. The van der Waals surface area contributed by atoms with Crippen LogP contribution in [0, 0.1) is 6.92 Å². The van der Waals surface area contributed by atoms with Crippen LogP contribution in [0.25, 0.3) is 10.9 Å². The highest BCUT2D eigenvalue weighted by atomic mass is 32.2. The first-order valence-corrected chi connectivity index (χ1v) is 11.1. The van der Waals surface area contributed by atoms with Crippen LogP contribution in [0.3, 0.4) is 0 Å².